The van der Waals surface area contributed by atoms with Gasteiger partial charge < -0.3 is 4.90 Å². The average molecular weight is 435 g/mol. The van der Waals surface area contributed by atoms with Crippen LogP contribution < -0.4 is 0 Å². The minimum Gasteiger partial charge on any atom is -0.338 e. The lowest BCUT2D eigenvalue weighted by molar-refractivity contribution is -0.147. The zero-order valence-corrected chi connectivity index (χ0v) is 17.1. The Bertz CT molecular complexity index is 991. The highest BCUT2D eigenvalue weighted by Gasteiger charge is 2.48. The largest absolute Gasteiger partial charge is 0.338 e. The number of hydrogen-bond acceptors (Lipinski definition) is 5. The van der Waals surface area contributed by atoms with E-state index >= 15 is 0 Å². The van der Waals surface area contributed by atoms with Gasteiger partial charge in [-0.1, -0.05) is 24.3 Å². The summed E-state index contributed by atoms with van der Waals surface area (Å²) in [6.45, 7) is -0.0853. The molecule has 8 nitrogen and oxygen atoms in total. The Labute approximate surface area is 174 Å². The minimum atomic E-state index is -4.00. The number of benzene rings is 1. The molecule has 30 heavy (non-hydrogen) atoms. The number of likely N-dealkylation sites (tertiary alicyclic amines) is 1. The molecular weight excluding hydrogens is 413 g/mol. The summed E-state index contributed by atoms with van der Waals surface area (Å²) in [5.74, 6) is -2.63. The highest BCUT2D eigenvalue weighted by atomic mass is 32.2. The van der Waals surface area contributed by atoms with E-state index in [1.165, 1.54) is 23.1 Å². The van der Waals surface area contributed by atoms with Crippen molar-refractivity contribution in [2.24, 2.45) is 11.8 Å². The number of amides is 3. The van der Waals surface area contributed by atoms with Crippen LogP contribution in [0.4, 0.5) is 4.39 Å². The van der Waals surface area contributed by atoms with E-state index in [9.17, 15) is 27.2 Å². The molecule has 3 aliphatic rings. The molecule has 2 aliphatic heterocycles. The van der Waals surface area contributed by atoms with Crippen molar-refractivity contribution in [1.82, 2.24) is 14.1 Å². The summed E-state index contributed by atoms with van der Waals surface area (Å²) in [5.41, 5.74) is 0. The third-order valence-corrected chi connectivity index (χ3v) is 7.87. The predicted octanol–water partition coefficient (Wildman–Crippen LogP) is 0.610. The van der Waals surface area contributed by atoms with Crippen molar-refractivity contribution in [2.45, 2.75) is 17.7 Å². The number of imide groups is 1. The monoisotopic (exact) mass is 435 g/mol. The summed E-state index contributed by atoms with van der Waals surface area (Å²) < 4.78 is 40.4. The number of fused-ring (bicyclic) bond motifs is 1. The molecule has 4 rings (SSSR count). The van der Waals surface area contributed by atoms with E-state index in [0.29, 0.717) is 12.8 Å². The number of carbonyl (C=O) groups excluding carboxylic acids is 3. The lowest BCUT2D eigenvalue weighted by Crippen LogP contribution is -2.53. The van der Waals surface area contributed by atoms with Gasteiger partial charge in [0.15, 0.2) is 0 Å². The van der Waals surface area contributed by atoms with E-state index in [0.717, 1.165) is 15.3 Å². The van der Waals surface area contributed by atoms with Crippen LogP contribution >= 0.6 is 0 Å². The minimum absolute atomic E-state index is 0.0134. The number of hydrogen-bond donors (Lipinski definition) is 0. The maximum atomic E-state index is 13.9. The van der Waals surface area contributed by atoms with Gasteiger partial charge in [0.05, 0.1) is 11.8 Å². The maximum absolute atomic E-state index is 13.9. The van der Waals surface area contributed by atoms with Crippen molar-refractivity contribution >= 4 is 27.7 Å². The molecular formula is C20H22FN3O5S. The summed E-state index contributed by atoms with van der Waals surface area (Å²) in [5, 5.41) is 0. The Morgan fingerprint density at radius 2 is 1.53 bits per heavy atom. The first kappa shape index (κ1) is 20.7. The molecule has 0 spiro atoms. The highest BCUT2D eigenvalue weighted by molar-refractivity contribution is 7.89. The van der Waals surface area contributed by atoms with Crippen LogP contribution in [0.2, 0.25) is 0 Å². The molecule has 1 aliphatic carbocycles. The standard InChI is InChI=1S/C20H22FN3O5S/c21-16-7-3-4-8-17(16)30(28,29)23-11-9-22(10-12-23)18(25)13-24-19(26)14-5-1-2-6-15(14)20(24)27/h1-4,7-8,14-15H,5-6,9-13H2/t14-,15-/m1/s1. The van der Waals surface area contributed by atoms with Crippen LogP contribution in [0.25, 0.3) is 0 Å². The van der Waals surface area contributed by atoms with Crippen LogP contribution in [0.15, 0.2) is 41.3 Å². The fourth-order valence-electron chi connectivity index (χ4n) is 4.23. The summed E-state index contributed by atoms with van der Waals surface area (Å²) in [6, 6.07) is 5.16. The van der Waals surface area contributed by atoms with Crippen LogP contribution in [-0.4, -0.2) is 73.0 Å². The molecule has 3 amide bonds. The van der Waals surface area contributed by atoms with Gasteiger partial charge in [-0.2, -0.15) is 4.31 Å². The second-order valence-electron chi connectivity index (χ2n) is 7.63. The summed E-state index contributed by atoms with van der Waals surface area (Å²) >= 11 is 0. The maximum Gasteiger partial charge on any atom is 0.246 e. The Morgan fingerprint density at radius 3 is 2.10 bits per heavy atom. The topological polar surface area (TPSA) is 95.1 Å². The normalized spacial score (nSPS) is 25.0. The number of carbonyl (C=O) groups is 3. The number of nitrogens with zero attached hydrogens (tertiary/aromatic N) is 3. The van der Waals surface area contributed by atoms with Gasteiger partial charge in [-0.3, -0.25) is 19.3 Å². The van der Waals surface area contributed by atoms with Crippen molar-refractivity contribution in [3.05, 3.63) is 42.2 Å². The van der Waals surface area contributed by atoms with Crippen LogP contribution in [0.5, 0.6) is 0 Å². The molecule has 0 N–H and O–H groups in total. The van der Waals surface area contributed by atoms with Crippen molar-refractivity contribution in [2.75, 3.05) is 32.7 Å². The summed E-state index contributed by atoms with van der Waals surface area (Å²) in [6.07, 6.45) is 4.78. The quantitative estimate of drug-likeness (QED) is 0.510. The van der Waals surface area contributed by atoms with Gasteiger partial charge in [0.25, 0.3) is 0 Å². The average Bonchev–Trinajstić information content (AvgIpc) is 2.99. The lowest BCUT2D eigenvalue weighted by Gasteiger charge is -2.34. The predicted molar refractivity (Wildman–Crippen MR) is 104 cm³/mol. The van der Waals surface area contributed by atoms with E-state index in [-0.39, 0.29) is 44.5 Å². The van der Waals surface area contributed by atoms with E-state index in [1.54, 1.807) is 0 Å². The number of halogens is 1. The van der Waals surface area contributed by atoms with E-state index < -0.39 is 38.5 Å². The molecule has 0 bridgehead atoms. The molecule has 2 atom stereocenters. The summed E-state index contributed by atoms with van der Waals surface area (Å²) in [7, 11) is -4.00. The fraction of sp³-hybridized carbons (Fsp3) is 0.450. The zero-order valence-electron chi connectivity index (χ0n) is 16.2. The van der Waals surface area contributed by atoms with Gasteiger partial charge in [0.1, 0.15) is 17.3 Å². The van der Waals surface area contributed by atoms with Gasteiger partial charge in [-0.15, -0.1) is 0 Å². The van der Waals surface area contributed by atoms with Crippen molar-refractivity contribution < 1.29 is 27.2 Å². The third kappa shape index (κ3) is 3.54. The zero-order chi connectivity index (χ0) is 21.5. The Hall–Kier alpha value is -2.59. The lowest BCUT2D eigenvalue weighted by atomic mass is 9.85. The van der Waals surface area contributed by atoms with Gasteiger partial charge in [0, 0.05) is 26.2 Å². The molecule has 2 saturated heterocycles. The van der Waals surface area contributed by atoms with Crippen LogP contribution in [0.1, 0.15) is 12.8 Å². The van der Waals surface area contributed by atoms with E-state index in [1.807, 2.05) is 12.2 Å². The Morgan fingerprint density at radius 1 is 0.967 bits per heavy atom. The smallest absolute Gasteiger partial charge is 0.246 e. The Balaban J connectivity index is 1.38. The molecule has 0 unspecified atom stereocenters. The first-order chi connectivity index (χ1) is 14.3. The molecule has 1 aromatic rings. The SMILES string of the molecule is O=C(CN1C(=O)[C@@H]2CC=CC[C@H]2C1=O)N1CCN(S(=O)(=O)c2ccccc2F)CC1. The van der Waals surface area contributed by atoms with Gasteiger partial charge in [-0.25, -0.2) is 12.8 Å². The molecule has 2 heterocycles. The first-order valence-electron chi connectivity index (χ1n) is 9.83. The van der Waals surface area contributed by atoms with E-state index in [4.69, 9.17) is 0 Å². The molecule has 160 valence electrons. The van der Waals surface area contributed by atoms with Crippen molar-refractivity contribution in [3.8, 4) is 0 Å². The van der Waals surface area contributed by atoms with Gasteiger partial charge >= 0.3 is 0 Å². The van der Waals surface area contributed by atoms with Crippen LogP contribution in [-0.2, 0) is 24.4 Å². The molecule has 0 aromatic heterocycles. The first-order valence-corrected chi connectivity index (χ1v) is 11.3. The van der Waals surface area contributed by atoms with Crippen molar-refractivity contribution in [1.29, 1.82) is 0 Å². The Kier molecular flexibility index (Phi) is 5.46. The molecule has 2 fully saturated rings. The summed E-state index contributed by atoms with van der Waals surface area (Å²) in [4.78, 5) is 39.8. The number of allylic oxidation sites excluding steroid dienone is 2. The molecule has 10 heteroatoms. The van der Waals surface area contributed by atoms with Crippen LogP contribution in [0, 0.1) is 17.7 Å². The number of sulfonamides is 1. The van der Waals surface area contributed by atoms with Gasteiger partial charge in [-0.05, 0) is 25.0 Å². The molecule has 0 radical (unpaired) electrons. The van der Waals surface area contributed by atoms with Crippen molar-refractivity contribution in [3.63, 3.8) is 0 Å². The number of piperazine rings is 1. The number of rotatable bonds is 4. The second kappa shape index (κ2) is 7.92. The van der Waals surface area contributed by atoms with Crippen LogP contribution in [0.3, 0.4) is 0 Å². The highest BCUT2D eigenvalue weighted by Crippen LogP contribution is 2.35. The molecule has 0 saturated carbocycles. The fourth-order valence-corrected chi connectivity index (χ4v) is 5.72. The third-order valence-electron chi connectivity index (χ3n) is 5.94. The van der Waals surface area contributed by atoms with Gasteiger partial charge in [0.2, 0.25) is 27.7 Å². The van der Waals surface area contributed by atoms with E-state index in [2.05, 4.69) is 0 Å². The second-order valence-corrected chi connectivity index (χ2v) is 9.54. The molecule has 1 aromatic carbocycles.